The molecule has 3 rings (SSSR count). The van der Waals surface area contributed by atoms with Crippen molar-refractivity contribution in [3.8, 4) is 5.75 Å². The number of halogens is 1. The van der Waals surface area contributed by atoms with Crippen LogP contribution in [0.5, 0.6) is 5.75 Å². The van der Waals surface area contributed by atoms with Gasteiger partial charge in [0.25, 0.3) is 5.56 Å². The molecule has 0 saturated heterocycles. The molecular formula is C15H14ClN3O2S. The first kappa shape index (κ1) is 15.0. The predicted octanol–water partition coefficient (Wildman–Crippen LogP) is 3.25. The zero-order chi connectivity index (χ0) is 15.7. The number of fused-ring (bicyclic) bond motifs is 1. The van der Waals surface area contributed by atoms with E-state index in [1.54, 1.807) is 12.1 Å². The molecule has 0 radical (unpaired) electrons. The molecule has 0 bridgehead atoms. The Hall–Kier alpha value is -1.92. The first-order valence-corrected chi connectivity index (χ1v) is 8.04. The number of nitrogens with zero attached hydrogens (tertiary/aromatic N) is 3. The van der Waals surface area contributed by atoms with E-state index in [9.17, 15) is 4.79 Å². The lowest BCUT2D eigenvalue weighted by molar-refractivity contribution is 0.301. The molecule has 2 heterocycles. The van der Waals surface area contributed by atoms with E-state index >= 15 is 0 Å². The highest BCUT2D eigenvalue weighted by atomic mass is 35.5. The molecule has 0 N–H and O–H groups in total. The molecule has 0 fully saturated rings. The van der Waals surface area contributed by atoms with E-state index in [-0.39, 0.29) is 12.2 Å². The van der Waals surface area contributed by atoms with Crippen molar-refractivity contribution in [2.45, 2.75) is 26.9 Å². The van der Waals surface area contributed by atoms with Gasteiger partial charge in [-0.3, -0.25) is 4.79 Å². The standard InChI is InChI=1S/C15H14ClN3O2S/c1-3-13-18-19-14(20)7-10(17-15(19)22-13)8-21-11-4-5-12(16)9(2)6-11/h4-7H,3,8H2,1-2H3. The minimum Gasteiger partial charge on any atom is -0.487 e. The average Bonchev–Trinajstić information content (AvgIpc) is 2.92. The summed E-state index contributed by atoms with van der Waals surface area (Å²) in [6, 6.07) is 6.89. The molecule has 0 aliphatic carbocycles. The number of benzene rings is 1. The van der Waals surface area contributed by atoms with Crippen LogP contribution in [-0.4, -0.2) is 14.6 Å². The van der Waals surface area contributed by atoms with Crippen molar-refractivity contribution in [1.82, 2.24) is 14.6 Å². The molecule has 3 aromatic rings. The molecule has 2 aromatic heterocycles. The Morgan fingerprint density at radius 3 is 2.91 bits per heavy atom. The second kappa shape index (κ2) is 6.06. The molecule has 0 spiro atoms. The van der Waals surface area contributed by atoms with Gasteiger partial charge in [-0.15, -0.1) is 0 Å². The van der Waals surface area contributed by atoms with Gasteiger partial charge in [0, 0.05) is 11.1 Å². The largest absolute Gasteiger partial charge is 0.487 e. The van der Waals surface area contributed by atoms with Gasteiger partial charge in [0.15, 0.2) is 0 Å². The van der Waals surface area contributed by atoms with Gasteiger partial charge in [-0.05, 0) is 37.1 Å². The average molecular weight is 336 g/mol. The van der Waals surface area contributed by atoms with Gasteiger partial charge in [-0.1, -0.05) is 29.9 Å². The van der Waals surface area contributed by atoms with Crippen LogP contribution in [0, 0.1) is 6.92 Å². The third kappa shape index (κ3) is 2.98. The van der Waals surface area contributed by atoms with Gasteiger partial charge < -0.3 is 4.74 Å². The fourth-order valence-corrected chi connectivity index (χ4v) is 2.95. The topological polar surface area (TPSA) is 56.5 Å². The number of aryl methyl sites for hydroxylation is 2. The van der Waals surface area contributed by atoms with E-state index < -0.39 is 0 Å². The summed E-state index contributed by atoms with van der Waals surface area (Å²) < 4.78 is 7.01. The lowest BCUT2D eigenvalue weighted by Gasteiger charge is -2.07. The Morgan fingerprint density at radius 1 is 1.36 bits per heavy atom. The zero-order valence-electron chi connectivity index (χ0n) is 12.2. The number of rotatable bonds is 4. The molecule has 114 valence electrons. The summed E-state index contributed by atoms with van der Waals surface area (Å²) in [5.41, 5.74) is 1.34. The number of hydrogen-bond donors (Lipinski definition) is 0. The zero-order valence-corrected chi connectivity index (χ0v) is 13.7. The van der Waals surface area contributed by atoms with Crippen molar-refractivity contribution in [2.24, 2.45) is 0 Å². The summed E-state index contributed by atoms with van der Waals surface area (Å²) in [5, 5.41) is 5.80. The van der Waals surface area contributed by atoms with E-state index in [2.05, 4.69) is 10.1 Å². The quantitative estimate of drug-likeness (QED) is 0.734. The van der Waals surface area contributed by atoms with Crippen LogP contribution in [0.25, 0.3) is 4.96 Å². The lowest BCUT2D eigenvalue weighted by Crippen LogP contribution is -2.16. The third-order valence-corrected chi connectivity index (χ3v) is 4.64. The van der Waals surface area contributed by atoms with Crippen molar-refractivity contribution in [2.75, 3.05) is 0 Å². The monoisotopic (exact) mass is 335 g/mol. The molecule has 0 aliphatic rings. The summed E-state index contributed by atoms with van der Waals surface area (Å²) in [7, 11) is 0. The Balaban J connectivity index is 1.84. The molecule has 0 amide bonds. The van der Waals surface area contributed by atoms with Crippen LogP contribution in [0.3, 0.4) is 0 Å². The van der Waals surface area contributed by atoms with Crippen LogP contribution >= 0.6 is 22.9 Å². The van der Waals surface area contributed by atoms with Crippen LogP contribution in [0.2, 0.25) is 5.02 Å². The maximum Gasteiger partial charge on any atom is 0.275 e. The summed E-state index contributed by atoms with van der Waals surface area (Å²) in [4.78, 5) is 17.1. The van der Waals surface area contributed by atoms with Crippen molar-refractivity contribution >= 4 is 27.9 Å². The first-order valence-electron chi connectivity index (χ1n) is 6.84. The summed E-state index contributed by atoms with van der Waals surface area (Å²) in [6.45, 7) is 4.14. The highest BCUT2D eigenvalue weighted by Gasteiger charge is 2.08. The molecule has 0 atom stereocenters. The number of hydrogen-bond acceptors (Lipinski definition) is 5. The molecule has 0 unspecified atom stereocenters. The van der Waals surface area contributed by atoms with Gasteiger partial charge in [-0.2, -0.15) is 9.61 Å². The van der Waals surface area contributed by atoms with Crippen molar-refractivity contribution in [3.63, 3.8) is 0 Å². The molecule has 0 saturated carbocycles. The molecule has 1 aromatic carbocycles. The minimum absolute atomic E-state index is 0.188. The van der Waals surface area contributed by atoms with E-state index in [1.165, 1.54) is 21.9 Å². The maximum atomic E-state index is 12.0. The van der Waals surface area contributed by atoms with E-state index in [0.717, 1.165) is 17.0 Å². The predicted molar refractivity (Wildman–Crippen MR) is 87.0 cm³/mol. The van der Waals surface area contributed by atoms with Crippen LogP contribution in [0.1, 0.15) is 23.2 Å². The third-order valence-electron chi connectivity index (χ3n) is 3.16. The van der Waals surface area contributed by atoms with Crippen molar-refractivity contribution in [1.29, 1.82) is 0 Å². The fraction of sp³-hybridized carbons (Fsp3) is 0.267. The van der Waals surface area contributed by atoms with Crippen LogP contribution < -0.4 is 10.3 Å². The summed E-state index contributed by atoms with van der Waals surface area (Å²) in [5.74, 6) is 0.697. The van der Waals surface area contributed by atoms with Gasteiger partial charge in [-0.25, -0.2) is 4.98 Å². The van der Waals surface area contributed by atoms with Crippen molar-refractivity contribution < 1.29 is 4.74 Å². The minimum atomic E-state index is -0.188. The molecule has 7 heteroatoms. The first-order chi connectivity index (χ1) is 10.6. The van der Waals surface area contributed by atoms with Gasteiger partial charge in [0.2, 0.25) is 4.96 Å². The SMILES string of the molecule is CCc1nn2c(=O)cc(COc3ccc(Cl)c(C)c3)nc2s1. The second-order valence-electron chi connectivity index (χ2n) is 4.83. The Morgan fingerprint density at radius 2 is 2.18 bits per heavy atom. The highest BCUT2D eigenvalue weighted by Crippen LogP contribution is 2.21. The summed E-state index contributed by atoms with van der Waals surface area (Å²) >= 11 is 7.40. The van der Waals surface area contributed by atoms with Gasteiger partial charge >= 0.3 is 0 Å². The molecule has 5 nitrogen and oxygen atoms in total. The number of aromatic nitrogens is 3. The Kier molecular flexibility index (Phi) is 4.13. The second-order valence-corrected chi connectivity index (χ2v) is 6.28. The van der Waals surface area contributed by atoms with Gasteiger partial charge in [0.1, 0.15) is 17.4 Å². The van der Waals surface area contributed by atoms with E-state index in [4.69, 9.17) is 16.3 Å². The Bertz CT molecular complexity index is 888. The van der Waals surface area contributed by atoms with Crippen LogP contribution in [-0.2, 0) is 13.0 Å². The van der Waals surface area contributed by atoms with Crippen molar-refractivity contribution in [3.05, 3.63) is 55.9 Å². The molecule has 22 heavy (non-hydrogen) atoms. The normalized spacial score (nSPS) is 11.0. The molecule has 0 aliphatic heterocycles. The van der Waals surface area contributed by atoms with E-state index in [0.29, 0.717) is 21.4 Å². The molecular weight excluding hydrogens is 322 g/mol. The highest BCUT2D eigenvalue weighted by molar-refractivity contribution is 7.16. The van der Waals surface area contributed by atoms with Gasteiger partial charge in [0.05, 0.1) is 5.69 Å². The number of ether oxygens (including phenoxy) is 1. The van der Waals surface area contributed by atoms with Crippen LogP contribution in [0.15, 0.2) is 29.1 Å². The Labute approximate surface area is 136 Å². The van der Waals surface area contributed by atoms with Crippen LogP contribution in [0.4, 0.5) is 0 Å². The summed E-state index contributed by atoms with van der Waals surface area (Å²) in [6.07, 6.45) is 0.781. The smallest absolute Gasteiger partial charge is 0.275 e. The maximum absolute atomic E-state index is 12.0. The van der Waals surface area contributed by atoms with E-state index in [1.807, 2.05) is 19.9 Å². The lowest BCUT2D eigenvalue weighted by atomic mass is 10.2. The fourth-order valence-electron chi connectivity index (χ4n) is 1.98.